The molecule has 2 rings (SSSR count). The van der Waals surface area contributed by atoms with Crippen LogP contribution in [0.1, 0.15) is 6.42 Å². The fourth-order valence-corrected chi connectivity index (χ4v) is 2.72. The van der Waals surface area contributed by atoms with Crippen molar-refractivity contribution in [2.75, 3.05) is 37.9 Å². The molecule has 2 aromatic rings. The molecule has 0 fully saturated rings. The Kier molecular flexibility index (Phi) is 7.76. The van der Waals surface area contributed by atoms with Crippen LogP contribution in [0, 0.1) is 0 Å². The van der Waals surface area contributed by atoms with Crippen LogP contribution in [0.4, 0.5) is 11.4 Å². The third-order valence-corrected chi connectivity index (χ3v) is 4.34. The van der Waals surface area contributed by atoms with Gasteiger partial charge in [-0.2, -0.15) is 0 Å². The molecule has 2 amide bonds. The summed E-state index contributed by atoms with van der Waals surface area (Å²) < 4.78 is 5.24. The highest BCUT2D eigenvalue weighted by Crippen LogP contribution is 2.27. The number of likely N-dealkylation sites (N-methyl/N-ethyl adjacent to an activating group) is 1. The first kappa shape index (κ1) is 20.9. The summed E-state index contributed by atoms with van der Waals surface area (Å²) in [7, 11) is 3.14. The highest BCUT2D eigenvalue weighted by molar-refractivity contribution is 6.33. The van der Waals surface area contributed by atoms with E-state index < -0.39 is 0 Å². The Bertz CT molecular complexity index is 815. The predicted molar refractivity (Wildman–Crippen MR) is 109 cm³/mol. The number of carbonyl (C=O) groups is 2. The van der Waals surface area contributed by atoms with Crippen LogP contribution in [0.25, 0.3) is 0 Å². The number of hydrogen-bond acceptors (Lipinski definition) is 4. The highest BCUT2D eigenvalue weighted by atomic mass is 35.5. The van der Waals surface area contributed by atoms with Gasteiger partial charge in [0, 0.05) is 25.0 Å². The van der Waals surface area contributed by atoms with Gasteiger partial charge in [0.05, 0.1) is 30.1 Å². The summed E-state index contributed by atoms with van der Waals surface area (Å²) in [4.78, 5) is 25.7. The molecule has 2 N–H and O–H groups in total. The van der Waals surface area contributed by atoms with E-state index in [0.717, 1.165) is 0 Å². The number of methoxy groups -OCH3 is 1. The van der Waals surface area contributed by atoms with Crippen LogP contribution in [-0.2, 0) is 9.59 Å². The molecule has 0 saturated carbocycles. The molecule has 0 saturated heterocycles. The van der Waals surface area contributed by atoms with Gasteiger partial charge in [0.2, 0.25) is 11.8 Å². The molecule has 0 radical (unpaired) electrons. The molecule has 0 aliphatic heterocycles. The third-order valence-electron chi connectivity index (χ3n) is 3.77. The van der Waals surface area contributed by atoms with Gasteiger partial charge < -0.3 is 20.3 Å². The molecule has 2 aromatic carbocycles. The second-order valence-electron chi connectivity index (χ2n) is 5.80. The summed E-state index contributed by atoms with van der Waals surface area (Å²) >= 11 is 12.0. The minimum Gasteiger partial charge on any atom is -0.495 e. The smallest absolute Gasteiger partial charge is 0.244 e. The van der Waals surface area contributed by atoms with E-state index in [1.54, 1.807) is 56.6 Å². The van der Waals surface area contributed by atoms with Crippen molar-refractivity contribution < 1.29 is 14.3 Å². The molecule has 8 heteroatoms. The molecule has 0 aromatic heterocycles. The Labute approximate surface area is 168 Å². The molecular weight excluding hydrogens is 389 g/mol. The number of anilines is 2. The van der Waals surface area contributed by atoms with E-state index in [0.29, 0.717) is 33.7 Å². The molecule has 0 heterocycles. The van der Waals surface area contributed by atoms with Gasteiger partial charge in [0.1, 0.15) is 5.75 Å². The van der Waals surface area contributed by atoms with Gasteiger partial charge in [-0.25, -0.2) is 0 Å². The minimum atomic E-state index is -0.316. The Morgan fingerprint density at radius 2 is 1.85 bits per heavy atom. The van der Waals surface area contributed by atoms with E-state index in [2.05, 4.69) is 10.6 Å². The molecule has 144 valence electrons. The Morgan fingerprint density at radius 3 is 2.56 bits per heavy atom. The quantitative estimate of drug-likeness (QED) is 0.693. The number of rotatable bonds is 8. The van der Waals surface area contributed by atoms with Crippen LogP contribution in [0.5, 0.6) is 5.75 Å². The van der Waals surface area contributed by atoms with Gasteiger partial charge in [-0.1, -0.05) is 35.3 Å². The van der Waals surface area contributed by atoms with Crippen molar-refractivity contribution >= 4 is 46.4 Å². The lowest BCUT2D eigenvalue weighted by atomic mass is 10.2. The predicted octanol–water partition coefficient (Wildman–Crippen LogP) is 3.90. The van der Waals surface area contributed by atoms with Gasteiger partial charge in [-0.3, -0.25) is 9.59 Å². The van der Waals surface area contributed by atoms with Crippen molar-refractivity contribution in [3.63, 3.8) is 0 Å². The van der Waals surface area contributed by atoms with Crippen LogP contribution >= 0.6 is 23.2 Å². The largest absolute Gasteiger partial charge is 0.495 e. The number of ether oxygens (including phenoxy) is 1. The van der Waals surface area contributed by atoms with Crippen molar-refractivity contribution in [2.45, 2.75) is 6.42 Å². The van der Waals surface area contributed by atoms with E-state index in [1.807, 2.05) is 0 Å². The maximum absolute atomic E-state index is 12.2. The van der Waals surface area contributed by atoms with Crippen molar-refractivity contribution in [3.05, 3.63) is 52.5 Å². The number of hydrogen-bond donors (Lipinski definition) is 2. The van der Waals surface area contributed by atoms with Gasteiger partial charge in [-0.05, 0) is 30.3 Å². The lowest BCUT2D eigenvalue weighted by Crippen LogP contribution is -2.35. The maximum atomic E-state index is 12.2. The van der Waals surface area contributed by atoms with E-state index in [1.165, 1.54) is 4.90 Å². The van der Waals surface area contributed by atoms with Crippen LogP contribution in [-0.4, -0.2) is 44.0 Å². The molecule has 0 atom stereocenters. The van der Waals surface area contributed by atoms with Gasteiger partial charge in [0.25, 0.3) is 0 Å². The summed E-state index contributed by atoms with van der Waals surface area (Å²) in [6.45, 7) is 0.316. The first-order valence-corrected chi connectivity index (χ1v) is 9.02. The number of halogens is 2. The average molecular weight is 410 g/mol. The normalized spacial score (nSPS) is 10.2. The summed E-state index contributed by atoms with van der Waals surface area (Å²) in [6, 6.07) is 12.1. The van der Waals surface area contributed by atoms with Crippen LogP contribution in [0.3, 0.4) is 0 Å². The SMILES string of the molecule is COc1ccc(Cl)cc1NCCC(=O)N(C)CC(=O)Nc1ccccc1Cl. The topological polar surface area (TPSA) is 70.7 Å². The lowest BCUT2D eigenvalue weighted by molar-refractivity contribution is -0.133. The van der Waals surface area contributed by atoms with Gasteiger partial charge >= 0.3 is 0 Å². The number of carbonyl (C=O) groups excluding carboxylic acids is 2. The maximum Gasteiger partial charge on any atom is 0.244 e. The van der Waals surface area contributed by atoms with Crippen molar-refractivity contribution in [3.8, 4) is 5.75 Å². The highest BCUT2D eigenvalue weighted by Gasteiger charge is 2.14. The Hall–Kier alpha value is -2.44. The summed E-state index contributed by atoms with van der Waals surface area (Å²) in [5, 5.41) is 6.82. The third kappa shape index (κ3) is 6.34. The first-order chi connectivity index (χ1) is 12.9. The zero-order valence-corrected chi connectivity index (χ0v) is 16.6. The zero-order valence-electron chi connectivity index (χ0n) is 15.1. The van der Waals surface area contributed by atoms with E-state index in [9.17, 15) is 9.59 Å². The first-order valence-electron chi connectivity index (χ1n) is 8.26. The van der Waals surface area contributed by atoms with Gasteiger partial charge in [0.15, 0.2) is 0 Å². The second-order valence-corrected chi connectivity index (χ2v) is 6.64. The number of nitrogens with zero attached hydrogens (tertiary/aromatic N) is 1. The summed E-state index contributed by atoms with van der Waals surface area (Å²) in [6.07, 6.45) is 0.214. The average Bonchev–Trinajstić information content (AvgIpc) is 2.63. The molecule has 0 spiro atoms. The van der Waals surface area contributed by atoms with Crippen molar-refractivity contribution in [1.29, 1.82) is 0 Å². The molecule has 0 unspecified atom stereocenters. The van der Waals surface area contributed by atoms with Crippen molar-refractivity contribution in [2.24, 2.45) is 0 Å². The fraction of sp³-hybridized carbons (Fsp3) is 0.263. The molecule has 27 heavy (non-hydrogen) atoms. The fourth-order valence-electron chi connectivity index (χ4n) is 2.37. The Morgan fingerprint density at radius 1 is 1.11 bits per heavy atom. The Balaban J connectivity index is 1.81. The summed E-state index contributed by atoms with van der Waals surface area (Å²) in [5.74, 6) is 0.153. The molecule has 0 aliphatic rings. The van der Waals surface area contributed by atoms with Crippen molar-refractivity contribution in [1.82, 2.24) is 4.90 Å². The molecular formula is C19H21Cl2N3O3. The molecule has 0 aliphatic carbocycles. The van der Waals surface area contributed by atoms with Crippen LogP contribution in [0.15, 0.2) is 42.5 Å². The number of benzene rings is 2. The minimum absolute atomic E-state index is 0.0649. The van der Waals surface area contributed by atoms with Crippen LogP contribution in [0.2, 0.25) is 10.0 Å². The van der Waals surface area contributed by atoms with E-state index in [4.69, 9.17) is 27.9 Å². The number of para-hydroxylation sites is 1. The van der Waals surface area contributed by atoms with E-state index >= 15 is 0 Å². The lowest BCUT2D eigenvalue weighted by Gasteiger charge is -2.18. The second kappa shape index (κ2) is 10.0. The van der Waals surface area contributed by atoms with Gasteiger partial charge in [-0.15, -0.1) is 0 Å². The molecule has 6 nitrogen and oxygen atoms in total. The van der Waals surface area contributed by atoms with E-state index in [-0.39, 0.29) is 24.8 Å². The molecule has 0 bridgehead atoms. The summed E-state index contributed by atoms with van der Waals surface area (Å²) in [5.41, 5.74) is 1.22. The number of amides is 2. The number of nitrogens with one attached hydrogen (secondary N) is 2. The zero-order chi connectivity index (χ0) is 19.8. The van der Waals surface area contributed by atoms with Crippen LogP contribution < -0.4 is 15.4 Å². The standard InChI is InChI=1S/C19H21Cl2N3O3/c1-24(12-18(25)23-15-6-4-3-5-14(15)21)19(26)9-10-22-16-11-13(20)7-8-17(16)27-2/h3-8,11,22H,9-10,12H2,1-2H3,(H,23,25). The monoisotopic (exact) mass is 409 g/mol.